The quantitative estimate of drug-likeness (QED) is 0.0742. The summed E-state index contributed by atoms with van der Waals surface area (Å²) in [6, 6.07) is 14.0. The van der Waals surface area contributed by atoms with Crippen LogP contribution in [-0.2, 0) is 0 Å². The SMILES string of the molecule is C=Cc1cc(NCCC(F)(F)F)c2ncc(-c3ccc(C(=O)CCC)c(C)c3)n2c1.C=Cc1cc(NCCC(F)(F)F)c2ncc(-c3ccc(C(=O)O)c(C)c3)n2c1. The van der Waals surface area contributed by atoms with Gasteiger partial charge >= 0.3 is 18.3 Å². The van der Waals surface area contributed by atoms with Crippen molar-refractivity contribution in [3.8, 4) is 22.5 Å². The van der Waals surface area contributed by atoms with E-state index in [1.807, 2.05) is 42.6 Å². The molecule has 58 heavy (non-hydrogen) atoms. The first-order valence-electron chi connectivity index (χ1n) is 18.3. The molecular weight excluding hydrogens is 762 g/mol. The van der Waals surface area contributed by atoms with Crippen LogP contribution in [0.25, 0.3) is 46.0 Å². The number of nitrogens with one attached hydrogen (secondary N) is 2. The number of hydrogen-bond donors (Lipinski definition) is 3. The highest BCUT2D eigenvalue weighted by atomic mass is 19.4. The lowest BCUT2D eigenvalue weighted by Gasteiger charge is -2.12. The van der Waals surface area contributed by atoms with Gasteiger partial charge in [-0.2, -0.15) is 26.3 Å². The van der Waals surface area contributed by atoms with Crippen molar-refractivity contribution in [3.63, 3.8) is 0 Å². The fourth-order valence-corrected chi connectivity index (χ4v) is 6.37. The number of Topliss-reactive ketones (excluding diaryl/α,β-unsaturated/α-hetero) is 1. The molecule has 15 heteroatoms. The average Bonchev–Trinajstić information content (AvgIpc) is 3.79. The maximum Gasteiger partial charge on any atom is 0.390 e. The van der Waals surface area contributed by atoms with Gasteiger partial charge < -0.3 is 15.7 Å². The van der Waals surface area contributed by atoms with E-state index in [1.54, 1.807) is 66.3 Å². The van der Waals surface area contributed by atoms with Crippen molar-refractivity contribution in [2.75, 3.05) is 23.7 Å². The lowest BCUT2D eigenvalue weighted by Crippen LogP contribution is -2.15. The summed E-state index contributed by atoms with van der Waals surface area (Å²) in [6.07, 6.45) is 1.06. The first kappa shape index (κ1) is 42.8. The monoisotopic (exact) mass is 804 g/mol. The van der Waals surface area contributed by atoms with Crippen LogP contribution in [0.1, 0.15) is 75.6 Å². The summed E-state index contributed by atoms with van der Waals surface area (Å²) in [6.45, 7) is 12.6. The third-order valence-corrected chi connectivity index (χ3v) is 9.23. The molecule has 0 spiro atoms. The molecule has 0 radical (unpaired) electrons. The minimum absolute atomic E-state index is 0.116. The number of carbonyl (C=O) groups is 2. The van der Waals surface area contributed by atoms with Crippen LogP contribution in [0.5, 0.6) is 0 Å². The lowest BCUT2D eigenvalue weighted by atomic mass is 9.98. The Labute approximate surface area is 330 Å². The van der Waals surface area contributed by atoms with Crippen LogP contribution in [0.2, 0.25) is 0 Å². The molecular formula is C43H42F6N6O3. The van der Waals surface area contributed by atoms with Crippen molar-refractivity contribution in [2.24, 2.45) is 0 Å². The van der Waals surface area contributed by atoms with Crippen molar-refractivity contribution < 1.29 is 41.0 Å². The Morgan fingerprint density at radius 2 is 1.16 bits per heavy atom. The molecule has 0 aliphatic heterocycles. The van der Waals surface area contributed by atoms with E-state index in [-0.39, 0.29) is 24.4 Å². The molecule has 0 saturated heterocycles. The number of pyridine rings is 2. The predicted octanol–water partition coefficient (Wildman–Crippen LogP) is 11.3. The van der Waals surface area contributed by atoms with Crippen LogP contribution >= 0.6 is 0 Å². The zero-order valence-corrected chi connectivity index (χ0v) is 32.1. The normalized spacial score (nSPS) is 11.6. The smallest absolute Gasteiger partial charge is 0.390 e. The van der Waals surface area contributed by atoms with Gasteiger partial charge in [0.15, 0.2) is 17.1 Å². The second kappa shape index (κ2) is 17.8. The standard InChI is InChI=1S/C23H24F3N3O.C20H18F3N3O2/c1-4-6-21(30)18-8-7-17(11-15(18)3)20-13-28-22-19(27-10-9-23(24,25)26)12-16(5-2)14-29(20)22;1-3-13-9-16(24-7-6-20(21,22)23)18-25-10-17(26(18)11-13)14-4-5-15(19(27)28)12(2)8-14/h5,7-8,11-14,27H,2,4,6,9-10H2,1,3H3;3-5,8-11,24H,1,6-7H2,2H3,(H,27,28). The van der Waals surface area contributed by atoms with E-state index in [0.29, 0.717) is 51.5 Å². The number of alkyl halides is 6. The van der Waals surface area contributed by atoms with Gasteiger partial charge in [-0.25, -0.2) is 14.8 Å². The topological polar surface area (TPSA) is 113 Å². The number of carbonyl (C=O) groups excluding carboxylic acids is 1. The third-order valence-electron chi connectivity index (χ3n) is 9.23. The number of imidazole rings is 2. The highest BCUT2D eigenvalue weighted by molar-refractivity contribution is 5.98. The summed E-state index contributed by atoms with van der Waals surface area (Å²) < 4.78 is 78.5. The number of aromatic nitrogens is 4. The number of aryl methyl sites for hydroxylation is 2. The van der Waals surface area contributed by atoms with E-state index in [1.165, 1.54) is 6.07 Å². The molecule has 0 amide bonds. The molecule has 9 nitrogen and oxygen atoms in total. The number of ketones is 1. The molecule has 6 aromatic rings. The number of anilines is 2. The number of hydrogen-bond acceptors (Lipinski definition) is 6. The van der Waals surface area contributed by atoms with Crippen LogP contribution in [0.4, 0.5) is 37.7 Å². The number of nitrogens with zero attached hydrogens (tertiary/aromatic N) is 4. The van der Waals surface area contributed by atoms with E-state index in [0.717, 1.165) is 34.4 Å². The van der Waals surface area contributed by atoms with Crippen molar-refractivity contribution in [3.05, 3.63) is 120 Å². The first-order chi connectivity index (χ1) is 27.4. The molecule has 304 valence electrons. The number of rotatable bonds is 14. The second-order valence-electron chi connectivity index (χ2n) is 13.6. The van der Waals surface area contributed by atoms with Crippen molar-refractivity contribution in [2.45, 2.75) is 58.8 Å². The summed E-state index contributed by atoms with van der Waals surface area (Å²) in [5.74, 6) is -0.892. The molecule has 6 rings (SSSR count). The molecule has 0 saturated carbocycles. The molecule has 0 bridgehead atoms. The van der Waals surface area contributed by atoms with Crippen LogP contribution in [0, 0.1) is 13.8 Å². The minimum atomic E-state index is -4.25. The summed E-state index contributed by atoms with van der Waals surface area (Å²) >= 11 is 0. The third kappa shape index (κ3) is 10.3. The molecule has 4 heterocycles. The Hall–Kier alpha value is -6.38. The minimum Gasteiger partial charge on any atom is -0.478 e. The molecule has 4 aromatic heterocycles. The lowest BCUT2D eigenvalue weighted by molar-refractivity contribution is -0.132. The molecule has 0 atom stereocenters. The second-order valence-corrected chi connectivity index (χ2v) is 13.6. The first-order valence-corrected chi connectivity index (χ1v) is 18.3. The zero-order chi connectivity index (χ0) is 42.4. The number of halogens is 6. The van der Waals surface area contributed by atoms with E-state index >= 15 is 0 Å². The van der Waals surface area contributed by atoms with Crippen LogP contribution in [0.3, 0.4) is 0 Å². The molecule has 0 aliphatic rings. The number of fused-ring (bicyclic) bond motifs is 2. The van der Waals surface area contributed by atoms with Crippen molar-refractivity contribution >= 4 is 46.6 Å². The van der Waals surface area contributed by atoms with Gasteiger partial charge in [0.25, 0.3) is 0 Å². The van der Waals surface area contributed by atoms with Crippen molar-refractivity contribution in [1.82, 2.24) is 18.8 Å². The Kier molecular flexibility index (Phi) is 13.1. The number of carboxylic acids is 1. The van der Waals surface area contributed by atoms with Gasteiger partial charge in [0, 0.05) is 48.6 Å². The fourth-order valence-electron chi connectivity index (χ4n) is 6.37. The highest BCUT2D eigenvalue weighted by Gasteiger charge is 2.27. The molecule has 0 fully saturated rings. The molecule has 2 aromatic carbocycles. The summed E-state index contributed by atoms with van der Waals surface area (Å²) in [7, 11) is 0. The van der Waals surface area contributed by atoms with Gasteiger partial charge in [-0.05, 0) is 72.9 Å². The number of carboxylic acid groups (broad SMARTS) is 1. The van der Waals surface area contributed by atoms with E-state index in [2.05, 4.69) is 33.8 Å². The van der Waals surface area contributed by atoms with Crippen LogP contribution in [0.15, 0.2) is 86.5 Å². The van der Waals surface area contributed by atoms with Crippen molar-refractivity contribution in [1.29, 1.82) is 0 Å². The van der Waals surface area contributed by atoms with Crippen LogP contribution in [-0.4, -0.2) is 61.1 Å². The molecule has 0 aliphatic carbocycles. The van der Waals surface area contributed by atoms with E-state index in [9.17, 15) is 41.0 Å². The fraction of sp³-hybridized carbons (Fsp3) is 0.256. The Balaban J connectivity index is 0.000000221. The predicted molar refractivity (Wildman–Crippen MR) is 215 cm³/mol. The summed E-state index contributed by atoms with van der Waals surface area (Å²) in [4.78, 5) is 32.2. The van der Waals surface area contributed by atoms with E-state index < -0.39 is 31.2 Å². The Bertz CT molecular complexity index is 2480. The number of aromatic carboxylic acids is 1. The Morgan fingerprint density at radius 3 is 1.52 bits per heavy atom. The maximum absolute atomic E-state index is 12.5. The largest absolute Gasteiger partial charge is 0.478 e. The van der Waals surface area contributed by atoms with Gasteiger partial charge in [-0.15, -0.1) is 0 Å². The van der Waals surface area contributed by atoms with Crippen LogP contribution < -0.4 is 10.6 Å². The van der Waals surface area contributed by atoms with Gasteiger partial charge in [-0.1, -0.05) is 50.4 Å². The molecule has 0 unspecified atom stereocenters. The van der Waals surface area contributed by atoms with Gasteiger partial charge in [0.1, 0.15) is 0 Å². The maximum atomic E-state index is 12.5. The molecule has 3 N–H and O–H groups in total. The summed E-state index contributed by atoms with van der Waals surface area (Å²) in [5, 5.41) is 14.8. The van der Waals surface area contributed by atoms with E-state index in [4.69, 9.17) is 0 Å². The van der Waals surface area contributed by atoms with Gasteiger partial charge in [-0.3, -0.25) is 13.6 Å². The zero-order valence-electron chi connectivity index (χ0n) is 32.1. The number of benzene rings is 2. The van der Waals surface area contributed by atoms with Gasteiger partial charge in [0.2, 0.25) is 0 Å². The van der Waals surface area contributed by atoms with Gasteiger partial charge in [0.05, 0.1) is 53.6 Å². The summed E-state index contributed by atoms with van der Waals surface area (Å²) in [5.41, 5.74) is 8.92. The Morgan fingerprint density at radius 1 is 0.724 bits per heavy atom. The highest BCUT2D eigenvalue weighted by Crippen LogP contribution is 2.31. The average molecular weight is 805 g/mol.